The standard InChI is InChI=1S/C25H25ClN2O4S/c1-32-21-13-15-22(16-14-21)33(30,31)28(20-11-9-19(26)10-12-20)17-25(29)27-24-8-4-6-18-5-2-3-7-23(18)24/h2-3,5,7,9-16,24H,4,6,8,17H2,1H3,(H,27,29). The third kappa shape index (κ3) is 5.15. The zero-order chi connectivity index (χ0) is 23.4. The average Bonchev–Trinajstić information content (AvgIpc) is 2.83. The van der Waals surface area contributed by atoms with Crippen LogP contribution in [0.25, 0.3) is 0 Å². The molecule has 0 saturated carbocycles. The summed E-state index contributed by atoms with van der Waals surface area (Å²) in [6.45, 7) is -0.353. The van der Waals surface area contributed by atoms with E-state index >= 15 is 0 Å². The van der Waals surface area contributed by atoms with Gasteiger partial charge in [0.25, 0.3) is 10.0 Å². The summed E-state index contributed by atoms with van der Waals surface area (Å²) < 4.78 is 33.3. The predicted molar refractivity (Wildman–Crippen MR) is 129 cm³/mol. The Balaban J connectivity index is 1.61. The van der Waals surface area contributed by atoms with Crippen molar-refractivity contribution in [3.05, 3.63) is 88.9 Å². The minimum Gasteiger partial charge on any atom is -0.497 e. The van der Waals surface area contributed by atoms with Gasteiger partial charge in [0.2, 0.25) is 5.91 Å². The number of anilines is 1. The monoisotopic (exact) mass is 484 g/mol. The third-order valence-electron chi connectivity index (χ3n) is 5.75. The van der Waals surface area contributed by atoms with Crippen molar-refractivity contribution in [1.29, 1.82) is 0 Å². The van der Waals surface area contributed by atoms with Crippen LogP contribution < -0.4 is 14.4 Å². The molecule has 0 radical (unpaired) electrons. The second-order valence-corrected chi connectivity index (χ2v) is 10.2. The number of hydrogen-bond acceptors (Lipinski definition) is 4. The Labute approximate surface area is 199 Å². The lowest BCUT2D eigenvalue weighted by atomic mass is 9.88. The van der Waals surface area contributed by atoms with Gasteiger partial charge in [-0.1, -0.05) is 35.9 Å². The molecule has 0 aromatic heterocycles. The van der Waals surface area contributed by atoms with Crippen LogP contribution in [0.4, 0.5) is 5.69 Å². The highest BCUT2D eigenvalue weighted by molar-refractivity contribution is 7.92. The molecule has 6 nitrogen and oxygen atoms in total. The summed E-state index contributed by atoms with van der Waals surface area (Å²) in [5.41, 5.74) is 2.66. The maximum atomic E-state index is 13.5. The molecule has 0 saturated heterocycles. The molecule has 0 spiro atoms. The summed E-state index contributed by atoms with van der Waals surface area (Å²) in [5, 5.41) is 3.51. The maximum absolute atomic E-state index is 13.5. The number of rotatable bonds is 7. The molecule has 0 aliphatic heterocycles. The number of fused-ring (bicyclic) bond motifs is 1. The number of carbonyl (C=O) groups is 1. The Morgan fingerprint density at radius 2 is 1.76 bits per heavy atom. The van der Waals surface area contributed by atoms with E-state index in [2.05, 4.69) is 11.4 Å². The molecule has 0 fully saturated rings. The van der Waals surface area contributed by atoms with Crippen LogP contribution >= 0.6 is 11.6 Å². The van der Waals surface area contributed by atoms with Gasteiger partial charge in [-0.25, -0.2) is 8.42 Å². The van der Waals surface area contributed by atoms with Crippen LogP contribution in [-0.4, -0.2) is 28.0 Å². The molecule has 8 heteroatoms. The van der Waals surface area contributed by atoms with Gasteiger partial charge in [0.05, 0.1) is 23.7 Å². The molecule has 4 rings (SSSR count). The van der Waals surface area contributed by atoms with Crippen molar-refractivity contribution in [3.8, 4) is 5.75 Å². The summed E-state index contributed by atoms with van der Waals surface area (Å²) in [6.07, 6.45) is 2.76. The zero-order valence-electron chi connectivity index (χ0n) is 18.2. The number of ether oxygens (including phenoxy) is 1. The number of methoxy groups -OCH3 is 1. The fraction of sp³-hybridized carbons (Fsp3) is 0.240. The summed E-state index contributed by atoms with van der Waals surface area (Å²) in [6, 6.07) is 20.4. The largest absolute Gasteiger partial charge is 0.497 e. The number of hydrogen-bond donors (Lipinski definition) is 1. The average molecular weight is 485 g/mol. The zero-order valence-corrected chi connectivity index (χ0v) is 19.8. The smallest absolute Gasteiger partial charge is 0.264 e. The van der Waals surface area contributed by atoms with Gasteiger partial charge >= 0.3 is 0 Å². The molecular weight excluding hydrogens is 460 g/mol. The van der Waals surface area contributed by atoms with Crippen LogP contribution in [0, 0.1) is 0 Å². The van der Waals surface area contributed by atoms with E-state index in [4.69, 9.17) is 16.3 Å². The molecule has 1 N–H and O–H groups in total. The second kappa shape index (κ2) is 9.85. The third-order valence-corrected chi connectivity index (χ3v) is 7.79. The molecule has 1 amide bonds. The highest BCUT2D eigenvalue weighted by atomic mass is 35.5. The van der Waals surface area contributed by atoms with Crippen molar-refractivity contribution in [2.24, 2.45) is 0 Å². The summed E-state index contributed by atoms with van der Waals surface area (Å²) in [4.78, 5) is 13.2. The van der Waals surface area contributed by atoms with Crippen LogP contribution in [0.3, 0.4) is 0 Å². The van der Waals surface area contributed by atoms with E-state index in [0.29, 0.717) is 16.5 Å². The van der Waals surface area contributed by atoms with Gasteiger partial charge in [-0.05, 0) is 78.9 Å². The van der Waals surface area contributed by atoms with Gasteiger partial charge < -0.3 is 10.1 Å². The first-order valence-corrected chi connectivity index (χ1v) is 12.5. The van der Waals surface area contributed by atoms with Crippen LogP contribution in [0.15, 0.2) is 77.7 Å². The molecule has 3 aromatic rings. The van der Waals surface area contributed by atoms with Crippen LogP contribution in [-0.2, 0) is 21.2 Å². The van der Waals surface area contributed by atoms with Gasteiger partial charge in [-0.15, -0.1) is 0 Å². The van der Waals surface area contributed by atoms with E-state index in [1.165, 1.54) is 24.8 Å². The highest BCUT2D eigenvalue weighted by Gasteiger charge is 2.29. The SMILES string of the molecule is COc1ccc(S(=O)(=O)N(CC(=O)NC2CCCc3ccccc32)c2ccc(Cl)cc2)cc1. The topological polar surface area (TPSA) is 75.7 Å². The molecule has 1 atom stereocenters. The fourth-order valence-corrected chi connectivity index (χ4v) is 5.62. The number of benzene rings is 3. The van der Waals surface area contributed by atoms with Crippen molar-refractivity contribution in [3.63, 3.8) is 0 Å². The number of carbonyl (C=O) groups excluding carboxylic acids is 1. The molecule has 33 heavy (non-hydrogen) atoms. The van der Waals surface area contributed by atoms with Gasteiger partial charge in [-0.2, -0.15) is 0 Å². The van der Waals surface area contributed by atoms with Gasteiger partial charge in [0.15, 0.2) is 0 Å². The molecule has 1 unspecified atom stereocenters. The maximum Gasteiger partial charge on any atom is 0.264 e. The first-order chi connectivity index (χ1) is 15.9. The Hall–Kier alpha value is -3.03. The molecule has 1 aliphatic carbocycles. The lowest BCUT2D eigenvalue weighted by Gasteiger charge is -2.28. The number of amides is 1. The lowest BCUT2D eigenvalue weighted by molar-refractivity contribution is -0.120. The molecular formula is C25H25ClN2O4S. The number of nitrogens with zero attached hydrogens (tertiary/aromatic N) is 1. The van der Waals surface area contributed by atoms with Crippen LogP contribution in [0.1, 0.15) is 30.0 Å². The van der Waals surface area contributed by atoms with Gasteiger partial charge in [-0.3, -0.25) is 9.10 Å². The number of aryl methyl sites for hydroxylation is 1. The summed E-state index contributed by atoms with van der Waals surface area (Å²) in [5.74, 6) is 0.171. The normalized spacial score (nSPS) is 15.4. The Bertz CT molecular complexity index is 1230. The molecule has 3 aromatic carbocycles. The number of nitrogens with one attached hydrogen (secondary N) is 1. The van der Waals surface area contributed by atoms with Crippen LogP contribution in [0.2, 0.25) is 5.02 Å². The van der Waals surface area contributed by atoms with Crippen molar-refractivity contribution in [2.45, 2.75) is 30.2 Å². The fourth-order valence-electron chi connectivity index (χ4n) is 4.07. The van der Waals surface area contributed by atoms with Crippen LogP contribution in [0.5, 0.6) is 5.75 Å². The number of sulfonamides is 1. The van der Waals surface area contributed by atoms with Gasteiger partial charge in [0, 0.05) is 5.02 Å². The first kappa shape index (κ1) is 23.1. The lowest BCUT2D eigenvalue weighted by Crippen LogP contribution is -2.42. The van der Waals surface area contributed by atoms with E-state index in [0.717, 1.165) is 29.1 Å². The van der Waals surface area contributed by atoms with E-state index in [1.807, 2.05) is 18.2 Å². The van der Waals surface area contributed by atoms with E-state index < -0.39 is 10.0 Å². The van der Waals surface area contributed by atoms with E-state index in [-0.39, 0.29) is 23.4 Å². The predicted octanol–water partition coefficient (Wildman–Crippen LogP) is 4.74. The number of halogens is 1. The minimum atomic E-state index is -4.01. The molecule has 1 aliphatic rings. The Morgan fingerprint density at radius 3 is 2.45 bits per heavy atom. The molecule has 172 valence electrons. The van der Waals surface area contributed by atoms with E-state index in [1.54, 1.807) is 36.4 Å². The quantitative estimate of drug-likeness (QED) is 0.525. The second-order valence-electron chi connectivity index (χ2n) is 7.87. The molecule has 0 heterocycles. The van der Waals surface area contributed by atoms with Crippen molar-refractivity contribution < 1.29 is 17.9 Å². The molecule has 0 bridgehead atoms. The highest BCUT2D eigenvalue weighted by Crippen LogP contribution is 2.30. The van der Waals surface area contributed by atoms with Crippen molar-refractivity contribution in [2.75, 3.05) is 18.0 Å². The first-order valence-electron chi connectivity index (χ1n) is 10.7. The Kier molecular flexibility index (Phi) is 6.91. The van der Waals surface area contributed by atoms with Gasteiger partial charge in [0.1, 0.15) is 12.3 Å². The summed E-state index contributed by atoms with van der Waals surface area (Å²) in [7, 11) is -2.50. The summed E-state index contributed by atoms with van der Waals surface area (Å²) >= 11 is 6.00. The Morgan fingerprint density at radius 1 is 1.06 bits per heavy atom. The van der Waals surface area contributed by atoms with E-state index in [9.17, 15) is 13.2 Å². The van der Waals surface area contributed by atoms with Crippen molar-refractivity contribution in [1.82, 2.24) is 5.32 Å². The van der Waals surface area contributed by atoms with Crippen molar-refractivity contribution >= 4 is 33.2 Å². The minimum absolute atomic E-state index is 0.0639.